The summed E-state index contributed by atoms with van der Waals surface area (Å²) in [5, 5.41) is 8.96. The number of carboxylic acids is 1. The number of likely N-dealkylation sites (N-methyl/N-ethyl adjacent to an activating group) is 1. The van der Waals surface area contributed by atoms with Crippen LogP contribution in [0.25, 0.3) is 5.65 Å². The lowest BCUT2D eigenvalue weighted by Gasteiger charge is -2.25. The van der Waals surface area contributed by atoms with Crippen molar-refractivity contribution in [1.29, 1.82) is 0 Å². The largest absolute Gasteiger partial charge is 0.480 e. The van der Waals surface area contributed by atoms with Gasteiger partial charge in [0, 0.05) is 31.0 Å². The van der Waals surface area contributed by atoms with Crippen molar-refractivity contribution < 1.29 is 9.90 Å². The van der Waals surface area contributed by atoms with Gasteiger partial charge < -0.3 is 9.51 Å². The number of carbonyl (C=O) groups is 1. The van der Waals surface area contributed by atoms with Gasteiger partial charge in [0.05, 0.1) is 12.2 Å². The average Bonchev–Trinajstić information content (AvgIpc) is 2.78. The van der Waals surface area contributed by atoms with Crippen LogP contribution in [0.2, 0.25) is 0 Å². The molecular weight excluding hydrogens is 304 g/mol. The number of nitrogens with zero attached hydrogens (tertiary/aromatic N) is 4. The van der Waals surface area contributed by atoms with Crippen LogP contribution in [0.5, 0.6) is 0 Å². The van der Waals surface area contributed by atoms with Gasteiger partial charge in [-0.3, -0.25) is 14.6 Å². The van der Waals surface area contributed by atoms with Gasteiger partial charge in [0.1, 0.15) is 5.65 Å². The minimum atomic E-state index is -0.751. The lowest BCUT2D eigenvalue weighted by molar-refractivity contribution is -0.138. The molecule has 1 N–H and O–H groups in total. The summed E-state index contributed by atoms with van der Waals surface area (Å²) in [7, 11) is 1.92. The van der Waals surface area contributed by atoms with Crippen LogP contribution in [-0.2, 0) is 11.3 Å². The molecule has 6 heteroatoms. The zero-order chi connectivity index (χ0) is 17.1. The summed E-state index contributed by atoms with van der Waals surface area (Å²) in [6, 6.07) is 6.52. The van der Waals surface area contributed by atoms with E-state index in [2.05, 4.69) is 28.5 Å². The summed E-state index contributed by atoms with van der Waals surface area (Å²) in [6.45, 7) is 5.10. The van der Waals surface area contributed by atoms with Gasteiger partial charge in [-0.1, -0.05) is 6.07 Å². The van der Waals surface area contributed by atoms with Gasteiger partial charge in [0.15, 0.2) is 0 Å². The first kappa shape index (κ1) is 16.9. The van der Waals surface area contributed by atoms with E-state index < -0.39 is 5.97 Å². The molecule has 0 radical (unpaired) electrons. The van der Waals surface area contributed by atoms with Crippen molar-refractivity contribution in [3.8, 4) is 0 Å². The predicted molar refractivity (Wildman–Crippen MR) is 93.1 cm³/mol. The molecule has 1 aliphatic heterocycles. The zero-order valence-electron chi connectivity index (χ0n) is 14.5. The Kier molecular flexibility index (Phi) is 5.16. The second-order valence-electron chi connectivity index (χ2n) is 6.80. The van der Waals surface area contributed by atoms with Gasteiger partial charge in [-0.15, -0.1) is 0 Å². The molecule has 0 bridgehead atoms. The van der Waals surface area contributed by atoms with Gasteiger partial charge in [-0.25, -0.2) is 4.98 Å². The molecule has 6 nitrogen and oxygen atoms in total. The molecular formula is C18H26N4O2. The maximum atomic E-state index is 10.9. The predicted octanol–water partition coefficient (Wildman–Crippen LogP) is 2.01. The highest BCUT2D eigenvalue weighted by atomic mass is 16.4. The Bertz CT molecular complexity index is 712. The Balaban J connectivity index is 1.61. The van der Waals surface area contributed by atoms with E-state index in [1.165, 1.54) is 5.69 Å². The van der Waals surface area contributed by atoms with Crippen LogP contribution < -0.4 is 0 Å². The number of hydrogen-bond acceptors (Lipinski definition) is 4. The smallest absolute Gasteiger partial charge is 0.317 e. The molecule has 1 aliphatic rings. The number of aliphatic carboxylic acids is 1. The molecule has 2 aromatic rings. The van der Waals surface area contributed by atoms with Gasteiger partial charge >= 0.3 is 5.97 Å². The minimum Gasteiger partial charge on any atom is -0.480 e. The minimum absolute atomic E-state index is 0.121. The Hall–Kier alpha value is -1.92. The molecule has 0 amide bonds. The molecule has 3 heterocycles. The van der Waals surface area contributed by atoms with Crippen molar-refractivity contribution in [3.05, 3.63) is 35.8 Å². The molecule has 0 aliphatic carbocycles. The Labute approximate surface area is 142 Å². The number of fused-ring (bicyclic) bond motifs is 1. The van der Waals surface area contributed by atoms with Crippen molar-refractivity contribution in [2.75, 3.05) is 26.7 Å². The summed E-state index contributed by atoms with van der Waals surface area (Å²) < 4.78 is 2.14. The third-order valence-electron chi connectivity index (χ3n) is 4.93. The van der Waals surface area contributed by atoms with E-state index in [0.29, 0.717) is 6.04 Å². The van der Waals surface area contributed by atoms with E-state index in [1.807, 2.05) is 24.1 Å². The van der Waals surface area contributed by atoms with Gasteiger partial charge in [-0.05, 0) is 51.9 Å². The van der Waals surface area contributed by atoms with Crippen molar-refractivity contribution in [3.63, 3.8) is 0 Å². The van der Waals surface area contributed by atoms with E-state index in [1.54, 1.807) is 0 Å². The molecule has 1 unspecified atom stereocenters. The zero-order valence-corrected chi connectivity index (χ0v) is 14.5. The quantitative estimate of drug-likeness (QED) is 0.909. The molecule has 130 valence electrons. The topological polar surface area (TPSA) is 61.1 Å². The molecule has 0 spiro atoms. The van der Waals surface area contributed by atoms with Crippen LogP contribution in [0.15, 0.2) is 24.4 Å². The standard InChI is InChI=1S/C18H26N4O2/c1-14-5-3-7-17-19-15(12-22(14)17)11-21-9-4-6-16(8-10-21)20(2)13-18(23)24/h3,5,7,12,16H,4,6,8-11,13H2,1-2H3,(H,23,24). The first-order valence-electron chi connectivity index (χ1n) is 8.61. The lowest BCUT2D eigenvalue weighted by Crippen LogP contribution is -2.36. The van der Waals surface area contributed by atoms with Crippen LogP contribution in [-0.4, -0.2) is 63.0 Å². The van der Waals surface area contributed by atoms with Gasteiger partial charge in [-0.2, -0.15) is 0 Å². The fourth-order valence-electron chi connectivity index (χ4n) is 3.58. The van der Waals surface area contributed by atoms with Crippen LogP contribution in [0.1, 0.15) is 30.7 Å². The Morgan fingerprint density at radius 3 is 2.96 bits per heavy atom. The number of aryl methyl sites for hydroxylation is 1. The first-order chi connectivity index (χ1) is 11.5. The summed E-state index contributed by atoms with van der Waals surface area (Å²) in [5.74, 6) is -0.751. The normalized spacial score (nSPS) is 19.7. The summed E-state index contributed by atoms with van der Waals surface area (Å²) in [5.41, 5.74) is 3.29. The maximum absolute atomic E-state index is 10.9. The summed E-state index contributed by atoms with van der Waals surface area (Å²) >= 11 is 0. The van der Waals surface area contributed by atoms with E-state index in [0.717, 1.165) is 50.2 Å². The second-order valence-corrected chi connectivity index (χ2v) is 6.80. The van der Waals surface area contributed by atoms with Crippen LogP contribution in [0.4, 0.5) is 0 Å². The van der Waals surface area contributed by atoms with Gasteiger partial charge in [0.25, 0.3) is 0 Å². The van der Waals surface area contributed by atoms with Crippen LogP contribution >= 0.6 is 0 Å². The average molecular weight is 330 g/mol. The highest BCUT2D eigenvalue weighted by Crippen LogP contribution is 2.18. The number of pyridine rings is 1. The number of carboxylic acid groups (broad SMARTS) is 1. The molecule has 1 fully saturated rings. The Morgan fingerprint density at radius 2 is 2.21 bits per heavy atom. The number of likely N-dealkylation sites (tertiary alicyclic amines) is 1. The molecule has 0 aromatic carbocycles. The summed E-state index contributed by atoms with van der Waals surface area (Å²) in [6.07, 6.45) is 5.30. The molecule has 1 atom stereocenters. The second kappa shape index (κ2) is 7.32. The molecule has 0 saturated carbocycles. The fraction of sp³-hybridized carbons (Fsp3) is 0.556. The highest BCUT2D eigenvalue weighted by Gasteiger charge is 2.22. The van der Waals surface area contributed by atoms with Crippen LogP contribution in [0, 0.1) is 6.92 Å². The fourth-order valence-corrected chi connectivity index (χ4v) is 3.58. The van der Waals surface area contributed by atoms with Crippen molar-refractivity contribution in [1.82, 2.24) is 19.2 Å². The number of aromatic nitrogens is 2. The van der Waals surface area contributed by atoms with Crippen molar-refractivity contribution in [2.45, 2.75) is 38.8 Å². The van der Waals surface area contributed by atoms with Crippen molar-refractivity contribution >= 4 is 11.6 Å². The number of rotatable bonds is 5. The van der Waals surface area contributed by atoms with E-state index in [9.17, 15) is 4.79 Å². The first-order valence-corrected chi connectivity index (χ1v) is 8.61. The SMILES string of the molecule is Cc1cccc2nc(CN3CCCC(N(C)CC(=O)O)CC3)cn12. The van der Waals surface area contributed by atoms with Crippen LogP contribution in [0.3, 0.4) is 0 Å². The molecule has 1 saturated heterocycles. The third kappa shape index (κ3) is 3.94. The highest BCUT2D eigenvalue weighted by molar-refractivity contribution is 5.69. The summed E-state index contributed by atoms with van der Waals surface area (Å²) in [4.78, 5) is 20.0. The van der Waals surface area contributed by atoms with Crippen molar-refractivity contribution in [2.24, 2.45) is 0 Å². The lowest BCUT2D eigenvalue weighted by atomic mass is 10.1. The van der Waals surface area contributed by atoms with E-state index in [4.69, 9.17) is 10.1 Å². The van der Waals surface area contributed by atoms with E-state index in [-0.39, 0.29) is 6.54 Å². The number of hydrogen-bond donors (Lipinski definition) is 1. The van der Waals surface area contributed by atoms with Gasteiger partial charge in [0.2, 0.25) is 0 Å². The molecule has 3 rings (SSSR count). The van der Waals surface area contributed by atoms with E-state index >= 15 is 0 Å². The molecule has 2 aromatic heterocycles. The molecule has 24 heavy (non-hydrogen) atoms. The monoisotopic (exact) mass is 330 g/mol. The Morgan fingerprint density at radius 1 is 1.38 bits per heavy atom. The third-order valence-corrected chi connectivity index (χ3v) is 4.93. The maximum Gasteiger partial charge on any atom is 0.317 e. The number of imidazole rings is 1.